The van der Waals surface area contributed by atoms with Crippen molar-refractivity contribution in [3.05, 3.63) is 59.2 Å². The maximum absolute atomic E-state index is 12.9. The average Bonchev–Trinajstić information content (AvgIpc) is 3.24. The number of hydrogen-bond donors (Lipinski definition) is 4. The largest absolute Gasteiger partial charge is 0.480 e. The summed E-state index contributed by atoms with van der Waals surface area (Å²) < 4.78 is 0. The van der Waals surface area contributed by atoms with Crippen molar-refractivity contribution in [1.29, 1.82) is 0 Å². The molecule has 2 aromatic rings. The highest BCUT2D eigenvalue weighted by atomic mass is 16.4. The molecule has 192 valence electrons. The van der Waals surface area contributed by atoms with E-state index in [4.69, 9.17) is 5.11 Å². The molecule has 0 aromatic heterocycles. The second kappa shape index (κ2) is 12.2. The van der Waals surface area contributed by atoms with Gasteiger partial charge in [0, 0.05) is 24.3 Å². The van der Waals surface area contributed by atoms with Crippen LogP contribution in [0.15, 0.2) is 47.6 Å². The first-order valence-electron chi connectivity index (χ1n) is 12.2. The van der Waals surface area contributed by atoms with E-state index in [-0.39, 0.29) is 30.9 Å². The van der Waals surface area contributed by atoms with Crippen molar-refractivity contribution in [3.8, 4) is 0 Å². The molecule has 1 aliphatic heterocycles. The Kier molecular flexibility index (Phi) is 9.05. The minimum Gasteiger partial charge on any atom is -0.480 e. The molecule has 0 bridgehead atoms. The van der Waals surface area contributed by atoms with Gasteiger partial charge in [-0.25, -0.2) is 4.79 Å². The SMILES string of the molecule is Cc1ccccc1NC(=O)Nc1ccc(CC(=O)NC(CC(C)C)C2=NN(CC(=O)O)CC2)cc1C. The number of amides is 3. The smallest absolute Gasteiger partial charge is 0.324 e. The van der Waals surface area contributed by atoms with Crippen molar-refractivity contribution >= 4 is 35.0 Å². The lowest BCUT2D eigenvalue weighted by atomic mass is 9.97. The summed E-state index contributed by atoms with van der Waals surface area (Å²) >= 11 is 0. The molecule has 0 spiro atoms. The number of rotatable bonds is 10. The number of nitrogens with zero attached hydrogens (tertiary/aromatic N) is 2. The zero-order valence-corrected chi connectivity index (χ0v) is 21.3. The van der Waals surface area contributed by atoms with Crippen molar-refractivity contribution in [2.45, 2.75) is 53.0 Å². The monoisotopic (exact) mass is 493 g/mol. The van der Waals surface area contributed by atoms with E-state index in [2.05, 4.69) is 34.9 Å². The van der Waals surface area contributed by atoms with Crippen molar-refractivity contribution in [3.63, 3.8) is 0 Å². The summed E-state index contributed by atoms with van der Waals surface area (Å²) in [6.07, 6.45) is 1.55. The minimum absolute atomic E-state index is 0.127. The van der Waals surface area contributed by atoms with Crippen LogP contribution in [0.2, 0.25) is 0 Å². The summed E-state index contributed by atoms with van der Waals surface area (Å²) in [5.74, 6) is -0.715. The molecular formula is C27H35N5O4. The van der Waals surface area contributed by atoms with Gasteiger partial charge in [0.2, 0.25) is 5.91 Å². The Labute approximate surface area is 212 Å². The summed E-state index contributed by atoms with van der Waals surface area (Å²) in [6.45, 7) is 8.36. The van der Waals surface area contributed by atoms with Crippen molar-refractivity contribution in [1.82, 2.24) is 10.3 Å². The Morgan fingerprint density at radius 3 is 2.36 bits per heavy atom. The summed E-state index contributed by atoms with van der Waals surface area (Å²) in [4.78, 5) is 36.3. The van der Waals surface area contributed by atoms with Gasteiger partial charge >= 0.3 is 12.0 Å². The number of carbonyl (C=O) groups is 3. The number of nitrogens with one attached hydrogen (secondary N) is 3. The predicted octanol–water partition coefficient (Wildman–Crippen LogP) is 4.17. The standard InChI is InChI=1S/C27H35N5O4/c1-17(2)13-24(23-11-12-32(31-23)16-26(34)35)28-25(33)15-20-9-10-22(19(4)14-20)30-27(36)29-21-8-6-5-7-18(21)3/h5-10,14,17,24H,11-13,15-16H2,1-4H3,(H,28,33)(H,34,35)(H2,29,30,36). The molecule has 36 heavy (non-hydrogen) atoms. The quantitative estimate of drug-likeness (QED) is 0.396. The van der Waals surface area contributed by atoms with Gasteiger partial charge in [0.1, 0.15) is 6.54 Å². The molecule has 4 N–H and O–H groups in total. The molecule has 3 amide bonds. The highest BCUT2D eigenvalue weighted by molar-refractivity contribution is 6.00. The fourth-order valence-corrected chi connectivity index (χ4v) is 4.19. The molecule has 3 rings (SSSR count). The third kappa shape index (κ3) is 7.83. The van der Waals surface area contributed by atoms with Crippen LogP contribution >= 0.6 is 0 Å². The fourth-order valence-electron chi connectivity index (χ4n) is 4.19. The number of carbonyl (C=O) groups excluding carboxylic acids is 2. The Hall–Kier alpha value is -3.88. The van der Waals surface area contributed by atoms with E-state index in [1.54, 1.807) is 6.07 Å². The Morgan fingerprint density at radius 1 is 1.03 bits per heavy atom. The highest BCUT2D eigenvalue weighted by Crippen LogP contribution is 2.20. The maximum atomic E-state index is 12.9. The number of hydrazone groups is 1. The topological polar surface area (TPSA) is 123 Å². The van der Waals surface area contributed by atoms with Gasteiger partial charge in [0.25, 0.3) is 0 Å². The van der Waals surface area contributed by atoms with Crippen LogP contribution in [0.4, 0.5) is 16.2 Å². The fraction of sp³-hybridized carbons (Fsp3) is 0.407. The Morgan fingerprint density at radius 2 is 1.72 bits per heavy atom. The number of urea groups is 1. The van der Waals surface area contributed by atoms with E-state index in [1.165, 1.54) is 5.01 Å². The van der Waals surface area contributed by atoms with Gasteiger partial charge in [0.15, 0.2) is 0 Å². The summed E-state index contributed by atoms with van der Waals surface area (Å²) in [6, 6.07) is 12.5. The van der Waals surface area contributed by atoms with Gasteiger partial charge in [-0.3, -0.25) is 14.6 Å². The van der Waals surface area contributed by atoms with E-state index < -0.39 is 5.97 Å². The minimum atomic E-state index is -0.926. The van der Waals surface area contributed by atoms with Crippen LogP contribution in [0.5, 0.6) is 0 Å². The van der Waals surface area contributed by atoms with E-state index in [0.29, 0.717) is 24.6 Å². The molecule has 9 heteroatoms. The van der Waals surface area contributed by atoms with Gasteiger partial charge in [-0.2, -0.15) is 5.10 Å². The summed E-state index contributed by atoms with van der Waals surface area (Å²) in [5, 5.41) is 23.8. The molecule has 0 saturated carbocycles. The molecule has 0 saturated heterocycles. The first-order chi connectivity index (χ1) is 17.1. The van der Waals surface area contributed by atoms with Crippen molar-refractivity contribution < 1.29 is 19.5 Å². The number of benzene rings is 2. The van der Waals surface area contributed by atoms with Gasteiger partial charge < -0.3 is 21.1 Å². The number of aryl methyl sites for hydroxylation is 2. The van der Waals surface area contributed by atoms with Gasteiger partial charge in [-0.1, -0.05) is 44.2 Å². The number of aliphatic carboxylic acids is 1. The molecule has 0 radical (unpaired) electrons. The third-order valence-corrected chi connectivity index (χ3v) is 5.96. The second-order valence-electron chi connectivity index (χ2n) is 9.59. The zero-order valence-electron chi connectivity index (χ0n) is 21.3. The van der Waals surface area contributed by atoms with Crippen LogP contribution in [0.1, 0.15) is 43.4 Å². The van der Waals surface area contributed by atoms with E-state index >= 15 is 0 Å². The molecule has 1 unspecified atom stereocenters. The molecule has 0 fully saturated rings. The van der Waals surface area contributed by atoms with Gasteiger partial charge in [0.05, 0.1) is 18.2 Å². The lowest BCUT2D eigenvalue weighted by Crippen LogP contribution is -2.42. The predicted molar refractivity (Wildman–Crippen MR) is 141 cm³/mol. The van der Waals surface area contributed by atoms with Crippen molar-refractivity contribution in [2.75, 3.05) is 23.7 Å². The third-order valence-electron chi connectivity index (χ3n) is 5.96. The summed E-state index contributed by atoms with van der Waals surface area (Å²) in [7, 11) is 0. The van der Waals surface area contributed by atoms with Gasteiger partial charge in [-0.15, -0.1) is 0 Å². The molecule has 0 aliphatic carbocycles. The first kappa shape index (κ1) is 26.7. The normalized spacial score (nSPS) is 13.8. The Balaban J connectivity index is 1.60. The van der Waals surface area contributed by atoms with Crippen LogP contribution in [0, 0.1) is 19.8 Å². The average molecular weight is 494 g/mol. The Bertz CT molecular complexity index is 1140. The van der Waals surface area contributed by atoms with Crippen LogP contribution in [-0.2, 0) is 16.0 Å². The number of hydrogen-bond acceptors (Lipinski definition) is 5. The first-order valence-corrected chi connectivity index (χ1v) is 12.2. The molecule has 2 aromatic carbocycles. The molecule has 9 nitrogen and oxygen atoms in total. The molecular weight excluding hydrogens is 458 g/mol. The van der Waals surface area contributed by atoms with E-state index in [1.807, 2.05) is 50.2 Å². The second-order valence-corrected chi connectivity index (χ2v) is 9.59. The number of para-hydroxylation sites is 1. The molecule has 1 atom stereocenters. The lowest BCUT2D eigenvalue weighted by molar-refractivity contribution is -0.138. The highest BCUT2D eigenvalue weighted by Gasteiger charge is 2.26. The van der Waals surface area contributed by atoms with Crippen molar-refractivity contribution in [2.24, 2.45) is 11.0 Å². The zero-order chi connectivity index (χ0) is 26.2. The van der Waals surface area contributed by atoms with E-state index in [9.17, 15) is 14.4 Å². The van der Waals surface area contributed by atoms with Crippen LogP contribution in [0.25, 0.3) is 0 Å². The summed E-state index contributed by atoms with van der Waals surface area (Å²) in [5.41, 5.74) is 4.88. The molecule has 1 aliphatic rings. The van der Waals surface area contributed by atoms with E-state index in [0.717, 1.165) is 34.5 Å². The number of carboxylic acids is 1. The van der Waals surface area contributed by atoms with Crippen LogP contribution < -0.4 is 16.0 Å². The lowest BCUT2D eigenvalue weighted by Gasteiger charge is -2.21. The maximum Gasteiger partial charge on any atom is 0.324 e. The molecule has 1 heterocycles. The number of anilines is 2. The van der Waals surface area contributed by atoms with Gasteiger partial charge in [-0.05, 0) is 55.0 Å². The number of carboxylic acid groups (broad SMARTS) is 1. The van der Waals surface area contributed by atoms with Crippen LogP contribution in [0.3, 0.4) is 0 Å². The van der Waals surface area contributed by atoms with Crippen LogP contribution in [-0.4, -0.2) is 52.9 Å².